The van der Waals surface area contributed by atoms with Gasteiger partial charge in [0.05, 0.1) is 18.7 Å². The van der Waals surface area contributed by atoms with E-state index in [9.17, 15) is 18.0 Å². The molecule has 2 atom stereocenters. The minimum absolute atomic E-state index is 0.0428. The van der Waals surface area contributed by atoms with Gasteiger partial charge in [0.2, 0.25) is 0 Å². The van der Waals surface area contributed by atoms with Crippen molar-refractivity contribution in [3.8, 4) is 5.75 Å². The van der Waals surface area contributed by atoms with Crippen LogP contribution in [0, 0.1) is 5.92 Å². The van der Waals surface area contributed by atoms with E-state index in [1.165, 1.54) is 6.20 Å². The predicted molar refractivity (Wildman–Crippen MR) is 102 cm³/mol. The third-order valence-electron chi connectivity index (χ3n) is 5.84. The number of anilines is 1. The number of benzene rings is 1. The van der Waals surface area contributed by atoms with Gasteiger partial charge < -0.3 is 14.5 Å². The normalized spacial score (nSPS) is 21.8. The Morgan fingerprint density at radius 1 is 1.17 bits per heavy atom. The van der Waals surface area contributed by atoms with Crippen LogP contribution < -0.4 is 9.64 Å². The van der Waals surface area contributed by atoms with Crippen LogP contribution in [0.2, 0.25) is 0 Å². The minimum Gasteiger partial charge on any atom is -0.497 e. The van der Waals surface area contributed by atoms with Crippen molar-refractivity contribution in [2.75, 3.05) is 31.6 Å². The van der Waals surface area contributed by atoms with Crippen LogP contribution in [0.25, 0.3) is 0 Å². The summed E-state index contributed by atoms with van der Waals surface area (Å²) in [4.78, 5) is 20.9. The summed E-state index contributed by atoms with van der Waals surface area (Å²) in [6, 6.07) is 9.05. The standard InChI is InChI=1S/C21H22F3N3O2/c1-29-17-4-2-3-15(11-17)20(28)27-10-7-14-6-9-26(13-18(14)27)19-12-16(5-8-25-19)21(22,23)24/h2-5,8,11-12,14,18H,6-7,9-10,13H2,1H3. The summed E-state index contributed by atoms with van der Waals surface area (Å²) >= 11 is 0. The molecule has 2 aliphatic rings. The second kappa shape index (κ2) is 7.57. The van der Waals surface area contributed by atoms with Crippen LogP contribution in [0.1, 0.15) is 28.8 Å². The monoisotopic (exact) mass is 405 g/mol. The fourth-order valence-corrected chi connectivity index (χ4v) is 4.29. The number of fused-ring (bicyclic) bond motifs is 1. The zero-order chi connectivity index (χ0) is 20.6. The Morgan fingerprint density at radius 3 is 2.72 bits per heavy atom. The highest BCUT2D eigenvalue weighted by atomic mass is 19.4. The lowest BCUT2D eigenvalue weighted by Gasteiger charge is -2.39. The predicted octanol–water partition coefficient (Wildman–Crippen LogP) is 3.85. The third kappa shape index (κ3) is 3.88. The van der Waals surface area contributed by atoms with Gasteiger partial charge in [-0.15, -0.1) is 0 Å². The Kier molecular flexibility index (Phi) is 5.10. The Morgan fingerprint density at radius 2 is 1.97 bits per heavy atom. The molecule has 0 aliphatic carbocycles. The number of rotatable bonds is 3. The number of carbonyl (C=O) groups is 1. The fraction of sp³-hybridized carbons (Fsp3) is 0.429. The van der Waals surface area contributed by atoms with Gasteiger partial charge in [-0.1, -0.05) is 6.07 Å². The number of halogens is 3. The SMILES string of the molecule is COc1cccc(C(=O)N2CCC3CCN(c4cc(C(F)(F)F)ccn4)CC32)c1. The van der Waals surface area contributed by atoms with E-state index in [1.54, 1.807) is 31.4 Å². The molecule has 1 aromatic heterocycles. The van der Waals surface area contributed by atoms with Gasteiger partial charge in [-0.3, -0.25) is 4.79 Å². The molecular weight excluding hydrogens is 383 g/mol. The molecule has 2 aliphatic heterocycles. The average molecular weight is 405 g/mol. The fourth-order valence-electron chi connectivity index (χ4n) is 4.29. The first kappa shape index (κ1) is 19.5. The maximum atomic E-state index is 13.1. The van der Waals surface area contributed by atoms with E-state index in [2.05, 4.69) is 4.98 Å². The molecule has 5 nitrogen and oxygen atoms in total. The average Bonchev–Trinajstić information content (AvgIpc) is 3.16. The van der Waals surface area contributed by atoms with E-state index in [0.717, 1.165) is 25.0 Å². The van der Waals surface area contributed by atoms with E-state index in [-0.39, 0.29) is 11.9 Å². The van der Waals surface area contributed by atoms with Gasteiger partial charge in [0.15, 0.2) is 0 Å². The zero-order valence-corrected chi connectivity index (χ0v) is 16.0. The van der Waals surface area contributed by atoms with Gasteiger partial charge in [-0.2, -0.15) is 13.2 Å². The summed E-state index contributed by atoms with van der Waals surface area (Å²) < 4.78 is 44.4. The van der Waals surface area contributed by atoms with Crippen molar-refractivity contribution in [2.24, 2.45) is 5.92 Å². The minimum atomic E-state index is -4.41. The Labute approximate surface area is 167 Å². The van der Waals surface area contributed by atoms with Gasteiger partial charge in [-0.25, -0.2) is 4.98 Å². The summed E-state index contributed by atoms with van der Waals surface area (Å²) in [6.45, 7) is 1.76. The number of amides is 1. The molecule has 0 bridgehead atoms. The van der Waals surface area contributed by atoms with Gasteiger partial charge in [0.1, 0.15) is 11.6 Å². The molecule has 29 heavy (non-hydrogen) atoms. The van der Waals surface area contributed by atoms with E-state index in [1.807, 2.05) is 9.80 Å². The van der Waals surface area contributed by atoms with Crippen LogP contribution in [0.5, 0.6) is 5.75 Å². The lowest BCUT2D eigenvalue weighted by atomic mass is 9.92. The largest absolute Gasteiger partial charge is 0.497 e. The summed E-state index contributed by atoms with van der Waals surface area (Å²) in [5, 5.41) is 0. The van der Waals surface area contributed by atoms with Crippen molar-refractivity contribution < 1.29 is 22.7 Å². The molecule has 4 rings (SSSR count). The van der Waals surface area contributed by atoms with Gasteiger partial charge in [0, 0.05) is 31.4 Å². The maximum Gasteiger partial charge on any atom is 0.416 e. The first-order valence-corrected chi connectivity index (χ1v) is 9.60. The molecule has 8 heteroatoms. The van der Waals surface area contributed by atoms with Gasteiger partial charge >= 0.3 is 6.18 Å². The number of likely N-dealkylation sites (tertiary alicyclic amines) is 1. The summed E-state index contributed by atoms with van der Waals surface area (Å²) in [7, 11) is 1.55. The van der Waals surface area contributed by atoms with Crippen LogP contribution in [0.3, 0.4) is 0 Å². The number of ether oxygens (including phenoxy) is 1. The molecule has 3 heterocycles. The molecule has 0 spiro atoms. The van der Waals surface area contributed by atoms with Gasteiger partial charge in [0.25, 0.3) is 5.91 Å². The molecule has 0 saturated carbocycles. The number of methoxy groups -OCH3 is 1. The van der Waals surface area contributed by atoms with Crippen LogP contribution in [0.4, 0.5) is 19.0 Å². The Balaban J connectivity index is 1.54. The lowest BCUT2D eigenvalue weighted by Crippen LogP contribution is -2.50. The summed E-state index contributed by atoms with van der Waals surface area (Å²) in [5.41, 5.74) is -0.153. The number of aromatic nitrogens is 1. The van der Waals surface area contributed by atoms with Crippen molar-refractivity contribution in [3.63, 3.8) is 0 Å². The second-order valence-corrected chi connectivity index (χ2v) is 7.48. The van der Waals surface area contributed by atoms with Gasteiger partial charge in [-0.05, 0) is 49.1 Å². The Hall–Kier alpha value is -2.77. The highest BCUT2D eigenvalue weighted by Gasteiger charge is 2.41. The van der Waals surface area contributed by atoms with Crippen LogP contribution >= 0.6 is 0 Å². The van der Waals surface area contributed by atoms with Crippen LogP contribution in [-0.4, -0.2) is 48.6 Å². The molecule has 2 unspecified atom stereocenters. The lowest BCUT2D eigenvalue weighted by molar-refractivity contribution is -0.137. The number of hydrogen-bond acceptors (Lipinski definition) is 4. The molecule has 154 valence electrons. The molecule has 1 amide bonds. The van der Waals surface area contributed by atoms with E-state index < -0.39 is 11.7 Å². The molecule has 1 aromatic carbocycles. The molecule has 0 radical (unpaired) electrons. The number of alkyl halides is 3. The molecule has 0 N–H and O–H groups in total. The number of piperidine rings is 1. The topological polar surface area (TPSA) is 45.7 Å². The Bertz CT molecular complexity index is 903. The van der Waals surface area contributed by atoms with E-state index in [4.69, 9.17) is 4.74 Å². The molecule has 2 saturated heterocycles. The van der Waals surface area contributed by atoms with Crippen molar-refractivity contribution in [3.05, 3.63) is 53.7 Å². The first-order chi connectivity index (χ1) is 13.9. The first-order valence-electron chi connectivity index (χ1n) is 9.60. The van der Waals surface area contributed by atoms with E-state index >= 15 is 0 Å². The van der Waals surface area contributed by atoms with Crippen molar-refractivity contribution in [2.45, 2.75) is 25.1 Å². The number of hydrogen-bond donors (Lipinski definition) is 0. The zero-order valence-electron chi connectivity index (χ0n) is 16.0. The van der Waals surface area contributed by atoms with Crippen molar-refractivity contribution in [1.29, 1.82) is 0 Å². The second-order valence-electron chi connectivity index (χ2n) is 7.48. The molecular formula is C21H22F3N3O2. The number of carbonyl (C=O) groups excluding carboxylic acids is 1. The van der Waals surface area contributed by atoms with Crippen LogP contribution in [-0.2, 0) is 6.18 Å². The third-order valence-corrected chi connectivity index (χ3v) is 5.84. The smallest absolute Gasteiger partial charge is 0.416 e. The highest BCUT2D eigenvalue weighted by molar-refractivity contribution is 5.95. The van der Waals surface area contributed by atoms with Crippen molar-refractivity contribution in [1.82, 2.24) is 9.88 Å². The highest BCUT2D eigenvalue weighted by Crippen LogP contribution is 2.36. The molecule has 2 fully saturated rings. The quantitative estimate of drug-likeness (QED) is 0.778. The van der Waals surface area contributed by atoms with E-state index in [0.29, 0.717) is 42.7 Å². The summed E-state index contributed by atoms with van der Waals surface area (Å²) in [5.74, 6) is 1.20. The summed E-state index contributed by atoms with van der Waals surface area (Å²) in [6.07, 6.45) is -1.48. The van der Waals surface area contributed by atoms with Crippen LogP contribution in [0.15, 0.2) is 42.6 Å². The van der Waals surface area contributed by atoms with Crippen molar-refractivity contribution >= 4 is 11.7 Å². The molecule has 2 aromatic rings. The number of pyridine rings is 1. The maximum absolute atomic E-state index is 13.1. The number of nitrogens with zero attached hydrogens (tertiary/aromatic N) is 3.